The molecule has 2 heterocycles. The molecular formula is C20H17N3O5S2. The number of ether oxygens (including phenoxy) is 2. The standard InChI is InChI=1S/C20H17N3O5S2/c1-4-22-17-13(27-2)6-7-14(28-3)18(17)30-20(22)21-19(24)16-10-11-9-12(23(25)26)5-8-15(11)29-16/h5-10H,4H2,1-3H3. The molecule has 0 fully saturated rings. The first-order valence-electron chi connectivity index (χ1n) is 8.98. The maximum Gasteiger partial charge on any atom is 0.289 e. The predicted molar refractivity (Wildman–Crippen MR) is 117 cm³/mol. The highest BCUT2D eigenvalue weighted by Crippen LogP contribution is 2.35. The molecule has 0 atom stereocenters. The highest BCUT2D eigenvalue weighted by atomic mass is 32.1. The summed E-state index contributed by atoms with van der Waals surface area (Å²) >= 11 is 2.61. The number of thiazole rings is 1. The van der Waals surface area contributed by atoms with Crippen molar-refractivity contribution in [1.29, 1.82) is 0 Å². The topological polar surface area (TPSA) is 96.0 Å². The van der Waals surface area contributed by atoms with Crippen LogP contribution in [0.5, 0.6) is 11.5 Å². The Bertz CT molecular complexity index is 1370. The van der Waals surface area contributed by atoms with Gasteiger partial charge in [-0.05, 0) is 31.2 Å². The smallest absolute Gasteiger partial charge is 0.289 e. The highest BCUT2D eigenvalue weighted by molar-refractivity contribution is 7.21. The molecule has 0 unspecified atom stereocenters. The summed E-state index contributed by atoms with van der Waals surface area (Å²) in [5.74, 6) is 0.957. The number of non-ortho nitro benzene ring substituents is 1. The molecule has 0 spiro atoms. The Morgan fingerprint density at radius 2 is 1.87 bits per heavy atom. The van der Waals surface area contributed by atoms with Crippen LogP contribution in [0, 0.1) is 10.1 Å². The Morgan fingerprint density at radius 1 is 1.13 bits per heavy atom. The van der Waals surface area contributed by atoms with Crippen molar-refractivity contribution in [2.24, 2.45) is 4.99 Å². The van der Waals surface area contributed by atoms with Gasteiger partial charge in [0.1, 0.15) is 21.7 Å². The van der Waals surface area contributed by atoms with Crippen LogP contribution in [0.1, 0.15) is 16.6 Å². The molecule has 30 heavy (non-hydrogen) atoms. The van der Waals surface area contributed by atoms with Crippen molar-refractivity contribution in [3.05, 3.63) is 56.2 Å². The summed E-state index contributed by atoms with van der Waals surface area (Å²) in [6.45, 7) is 2.56. The molecule has 2 aromatic carbocycles. The molecule has 154 valence electrons. The van der Waals surface area contributed by atoms with E-state index < -0.39 is 10.8 Å². The van der Waals surface area contributed by atoms with E-state index >= 15 is 0 Å². The van der Waals surface area contributed by atoms with E-state index in [0.29, 0.717) is 33.1 Å². The van der Waals surface area contributed by atoms with E-state index in [0.717, 1.165) is 14.9 Å². The van der Waals surface area contributed by atoms with E-state index in [1.165, 1.54) is 34.8 Å². The van der Waals surface area contributed by atoms with E-state index in [-0.39, 0.29) is 5.69 Å². The Labute approximate surface area is 178 Å². The normalized spacial score (nSPS) is 11.9. The zero-order valence-electron chi connectivity index (χ0n) is 16.4. The van der Waals surface area contributed by atoms with Gasteiger partial charge in [-0.1, -0.05) is 11.3 Å². The lowest BCUT2D eigenvalue weighted by Gasteiger charge is -2.08. The first-order valence-corrected chi connectivity index (χ1v) is 10.6. The van der Waals surface area contributed by atoms with E-state index in [1.807, 2.05) is 23.6 Å². The van der Waals surface area contributed by atoms with Crippen molar-refractivity contribution in [3.63, 3.8) is 0 Å². The van der Waals surface area contributed by atoms with E-state index in [2.05, 4.69) is 4.99 Å². The quantitative estimate of drug-likeness (QED) is 0.332. The molecule has 0 aliphatic carbocycles. The largest absolute Gasteiger partial charge is 0.495 e. The minimum Gasteiger partial charge on any atom is -0.495 e. The van der Waals surface area contributed by atoms with Crippen molar-refractivity contribution in [2.45, 2.75) is 13.5 Å². The van der Waals surface area contributed by atoms with Crippen LogP contribution in [0.3, 0.4) is 0 Å². The molecule has 8 nitrogen and oxygen atoms in total. The lowest BCUT2D eigenvalue weighted by molar-refractivity contribution is -0.384. The number of hydrogen-bond acceptors (Lipinski definition) is 7. The molecule has 0 saturated heterocycles. The lowest BCUT2D eigenvalue weighted by Crippen LogP contribution is -2.15. The summed E-state index contributed by atoms with van der Waals surface area (Å²) in [5, 5.41) is 11.6. The number of aryl methyl sites for hydroxylation is 1. The van der Waals surface area contributed by atoms with Crippen LogP contribution in [0.15, 0.2) is 41.4 Å². The van der Waals surface area contributed by atoms with Gasteiger partial charge >= 0.3 is 0 Å². The van der Waals surface area contributed by atoms with Gasteiger partial charge in [-0.15, -0.1) is 11.3 Å². The second-order valence-electron chi connectivity index (χ2n) is 6.28. The fourth-order valence-electron chi connectivity index (χ4n) is 3.22. The van der Waals surface area contributed by atoms with Crippen molar-refractivity contribution in [2.75, 3.05) is 14.2 Å². The Kier molecular flexibility index (Phi) is 5.27. The number of nitro benzene ring substituents is 1. The molecule has 0 N–H and O–H groups in total. The average molecular weight is 444 g/mol. The Balaban J connectivity index is 1.85. The minimum absolute atomic E-state index is 0.0104. The van der Waals surface area contributed by atoms with Gasteiger partial charge in [-0.2, -0.15) is 4.99 Å². The van der Waals surface area contributed by atoms with E-state index in [4.69, 9.17) is 9.47 Å². The third kappa shape index (κ3) is 3.33. The number of benzene rings is 2. The number of nitrogens with zero attached hydrogens (tertiary/aromatic N) is 3. The predicted octanol–water partition coefficient (Wildman–Crippen LogP) is 4.60. The fraction of sp³-hybridized carbons (Fsp3) is 0.200. The second kappa shape index (κ2) is 7.88. The maximum absolute atomic E-state index is 12.9. The Hall–Kier alpha value is -3.24. The van der Waals surface area contributed by atoms with Gasteiger partial charge in [0.25, 0.3) is 11.6 Å². The van der Waals surface area contributed by atoms with Crippen molar-refractivity contribution in [3.8, 4) is 11.5 Å². The molecule has 0 saturated carbocycles. The molecular weight excluding hydrogens is 426 g/mol. The molecule has 0 bridgehead atoms. The van der Waals surface area contributed by atoms with Gasteiger partial charge in [-0.25, -0.2) is 0 Å². The van der Waals surface area contributed by atoms with Gasteiger partial charge in [0, 0.05) is 28.8 Å². The van der Waals surface area contributed by atoms with Crippen LogP contribution >= 0.6 is 22.7 Å². The average Bonchev–Trinajstić information content (AvgIpc) is 3.33. The number of aromatic nitrogens is 1. The lowest BCUT2D eigenvalue weighted by atomic mass is 10.2. The summed E-state index contributed by atoms with van der Waals surface area (Å²) < 4.78 is 14.5. The molecule has 0 radical (unpaired) electrons. The number of fused-ring (bicyclic) bond motifs is 2. The van der Waals surface area contributed by atoms with Crippen LogP contribution in [0.4, 0.5) is 5.69 Å². The van der Waals surface area contributed by atoms with Crippen LogP contribution in [0.2, 0.25) is 0 Å². The van der Waals surface area contributed by atoms with Crippen molar-refractivity contribution < 1.29 is 19.2 Å². The van der Waals surface area contributed by atoms with Gasteiger partial charge in [-0.3, -0.25) is 14.9 Å². The second-order valence-corrected chi connectivity index (χ2v) is 8.34. The molecule has 4 aromatic rings. The van der Waals surface area contributed by atoms with Crippen molar-refractivity contribution in [1.82, 2.24) is 4.57 Å². The third-order valence-corrected chi connectivity index (χ3v) is 6.82. The first-order chi connectivity index (χ1) is 14.5. The number of methoxy groups -OCH3 is 2. The first kappa shape index (κ1) is 20.0. The van der Waals surface area contributed by atoms with Gasteiger partial charge in [0.05, 0.1) is 24.0 Å². The van der Waals surface area contributed by atoms with Crippen molar-refractivity contribution >= 4 is 54.6 Å². The molecule has 0 aliphatic rings. The van der Waals surface area contributed by atoms with E-state index in [1.54, 1.807) is 26.4 Å². The van der Waals surface area contributed by atoms with E-state index in [9.17, 15) is 14.9 Å². The van der Waals surface area contributed by atoms with Crippen LogP contribution in [0.25, 0.3) is 20.3 Å². The number of amides is 1. The summed E-state index contributed by atoms with van der Waals surface area (Å²) in [6, 6.07) is 9.83. The summed E-state index contributed by atoms with van der Waals surface area (Å²) in [6.07, 6.45) is 0. The van der Waals surface area contributed by atoms with Crippen LogP contribution in [-0.2, 0) is 6.54 Å². The van der Waals surface area contributed by atoms with Crippen LogP contribution < -0.4 is 14.3 Å². The fourth-order valence-corrected chi connectivity index (χ4v) is 5.35. The van der Waals surface area contributed by atoms with Gasteiger partial charge in [0.2, 0.25) is 0 Å². The number of rotatable bonds is 5. The number of thiophene rings is 1. The minimum atomic E-state index is -0.453. The summed E-state index contributed by atoms with van der Waals surface area (Å²) in [5.41, 5.74) is 0.812. The number of hydrogen-bond donors (Lipinski definition) is 0. The molecule has 4 rings (SSSR count). The maximum atomic E-state index is 12.9. The number of carbonyl (C=O) groups excluding carboxylic acids is 1. The highest BCUT2D eigenvalue weighted by Gasteiger charge is 2.17. The summed E-state index contributed by atoms with van der Waals surface area (Å²) in [4.78, 5) is 28.7. The van der Waals surface area contributed by atoms with Gasteiger partial charge < -0.3 is 14.0 Å². The SMILES string of the molecule is CCn1c(=NC(=O)c2cc3cc([N+](=O)[O-])ccc3s2)sc2c(OC)ccc(OC)c21. The van der Waals surface area contributed by atoms with Crippen LogP contribution in [-0.4, -0.2) is 29.6 Å². The summed E-state index contributed by atoms with van der Waals surface area (Å²) in [7, 11) is 3.19. The monoisotopic (exact) mass is 443 g/mol. The number of nitro groups is 1. The third-order valence-electron chi connectivity index (χ3n) is 4.63. The Morgan fingerprint density at radius 3 is 2.53 bits per heavy atom. The zero-order chi connectivity index (χ0) is 21.4. The van der Waals surface area contributed by atoms with Gasteiger partial charge in [0.15, 0.2) is 4.80 Å². The zero-order valence-corrected chi connectivity index (χ0v) is 18.0. The number of carbonyl (C=O) groups is 1. The molecule has 10 heteroatoms. The molecule has 2 aromatic heterocycles. The molecule has 0 aliphatic heterocycles. The molecule has 1 amide bonds.